The standard InChI is InChI=1S/C18H16BrN3O3S2/c1-11-16(9-12-5-7-15(8-6-12)27(20,24)25)26-18(21-11)22-17(23)13-3-2-4-14(19)10-13/h2-8,10H,9H2,1H3,(H2,20,24,25)(H,21,22,23). The second-order valence-corrected chi connectivity index (χ2v) is 9.42. The van der Waals surface area contributed by atoms with Crippen molar-refractivity contribution in [2.75, 3.05) is 5.32 Å². The maximum atomic E-state index is 12.3. The van der Waals surface area contributed by atoms with Gasteiger partial charge in [0.05, 0.1) is 10.6 Å². The number of aromatic nitrogens is 1. The molecule has 140 valence electrons. The summed E-state index contributed by atoms with van der Waals surface area (Å²) in [5, 5.41) is 8.45. The highest BCUT2D eigenvalue weighted by Crippen LogP contribution is 2.26. The van der Waals surface area contributed by atoms with E-state index in [1.54, 1.807) is 30.3 Å². The van der Waals surface area contributed by atoms with Crippen molar-refractivity contribution < 1.29 is 13.2 Å². The third kappa shape index (κ3) is 5.01. The monoisotopic (exact) mass is 465 g/mol. The van der Waals surface area contributed by atoms with E-state index in [0.717, 1.165) is 20.6 Å². The molecule has 3 rings (SSSR count). The van der Waals surface area contributed by atoms with Gasteiger partial charge in [0.15, 0.2) is 5.13 Å². The summed E-state index contributed by atoms with van der Waals surface area (Å²) in [4.78, 5) is 17.8. The number of nitrogens with one attached hydrogen (secondary N) is 1. The Morgan fingerprint density at radius 3 is 2.56 bits per heavy atom. The molecule has 1 heterocycles. The van der Waals surface area contributed by atoms with E-state index in [0.29, 0.717) is 17.1 Å². The molecule has 0 atom stereocenters. The van der Waals surface area contributed by atoms with Crippen LogP contribution in [0.1, 0.15) is 26.5 Å². The molecule has 0 saturated heterocycles. The molecule has 0 aliphatic carbocycles. The highest BCUT2D eigenvalue weighted by atomic mass is 79.9. The molecule has 0 fully saturated rings. The Morgan fingerprint density at radius 2 is 1.93 bits per heavy atom. The molecule has 1 amide bonds. The summed E-state index contributed by atoms with van der Waals surface area (Å²) in [5.74, 6) is -0.228. The Hall–Kier alpha value is -2.07. The van der Waals surface area contributed by atoms with Crippen molar-refractivity contribution in [3.8, 4) is 0 Å². The molecule has 0 bridgehead atoms. The number of nitrogens with zero attached hydrogens (tertiary/aromatic N) is 1. The molecule has 3 N–H and O–H groups in total. The van der Waals surface area contributed by atoms with Crippen LogP contribution in [0.3, 0.4) is 0 Å². The number of hydrogen-bond donors (Lipinski definition) is 2. The van der Waals surface area contributed by atoms with Gasteiger partial charge < -0.3 is 0 Å². The maximum absolute atomic E-state index is 12.3. The van der Waals surface area contributed by atoms with Gasteiger partial charge in [-0.1, -0.05) is 34.1 Å². The van der Waals surface area contributed by atoms with Crippen LogP contribution in [0.5, 0.6) is 0 Å². The van der Waals surface area contributed by atoms with Crippen LogP contribution in [-0.4, -0.2) is 19.3 Å². The Morgan fingerprint density at radius 1 is 1.22 bits per heavy atom. The van der Waals surface area contributed by atoms with Crippen LogP contribution in [0, 0.1) is 6.92 Å². The van der Waals surface area contributed by atoms with E-state index < -0.39 is 10.0 Å². The number of hydrogen-bond acceptors (Lipinski definition) is 5. The molecule has 3 aromatic rings. The van der Waals surface area contributed by atoms with Crippen molar-refractivity contribution in [3.05, 3.63) is 74.7 Å². The minimum absolute atomic E-state index is 0.0780. The molecule has 0 aliphatic rings. The number of rotatable bonds is 5. The lowest BCUT2D eigenvalue weighted by Gasteiger charge is -2.02. The predicted octanol–water partition coefficient (Wildman–Crippen LogP) is 3.70. The number of anilines is 1. The lowest BCUT2D eigenvalue weighted by Crippen LogP contribution is -2.11. The molecule has 0 saturated carbocycles. The highest BCUT2D eigenvalue weighted by Gasteiger charge is 2.13. The molecule has 0 radical (unpaired) electrons. The van der Waals surface area contributed by atoms with Gasteiger partial charge in [0.25, 0.3) is 5.91 Å². The number of carbonyl (C=O) groups is 1. The molecular weight excluding hydrogens is 450 g/mol. The molecule has 0 unspecified atom stereocenters. The summed E-state index contributed by atoms with van der Waals surface area (Å²) in [6, 6.07) is 13.5. The first-order valence-electron chi connectivity index (χ1n) is 7.87. The first kappa shape index (κ1) is 19.7. The van der Waals surface area contributed by atoms with Gasteiger partial charge in [0.2, 0.25) is 10.0 Å². The van der Waals surface area contributed by atoms with E-state index >= 15 is 0 Å². The SMILES string of the molecule is Cc1nc(NC(=O)c2cccc(Br)c2)sc1Cc1ccc(S(N)(=O)=O)cc1. The first-order valence-corrected chi connectivity index (χ1v) is 11.0. The van der Waals surface area contributed by atoms with Crippen LogP contribution in [0.4, 0.5) is 5.13 Å². The number of carbonyl (C=O) groups excluding carboxylic acids is 1. The summed E-state index contributed by atoms with van der Waals surface area (Å²) >= 11 is 4.74. The third-order valence-electron chi connectivity index (χ3n) is 3.82. The van der Waals surface area contributed by atoms with Gasteiger partial charge in [0, 0.05) is 21.3 Å². The summed E-state index contributed by atoms with van der Waals surface area (Å²) in [6.07, 6.45) is 0.584. The Bertz CT molecular complexity index is 1090. The van der Waals surface area contributed by atoms with Crippen molar-refractivity contribution >= 4 is 48.3 Å². The summed E-state index contributed by atoms with van der Waals surface area (Å²) < 4.78 is 23.5. The predicted molar refractivity (Wildman–Crippen MR) is 110 cm³/mol. The van der Waals surface area contributed by atoms with Gasteiger partial charge in [-0.25, -0.2) is 18.5 Å². The fraction of sp³-hybridized carbons (Fsp3) is 0.111. The van der Waals surface area contributed by atoms with Crippen LogP contribution in [0.2, 0.25) is 0 Å². The van der Waals surface area contributed by atoms with E-state index in [9.17, 15) is 13.2 Å². The molecule has 9 heteroatoms. The van der Waals surface area contributed by atoms with Crippen molar-refractivity contribution in [1.82, 2.24) is 4.98 Å². The van der Waals surface area contributed by atoms with E-state index in [-0.39, 0.29) is 10.8 Å². The van der Waals surface area contributed by atoms with E-state index in [4.69, 9.17) is 5.14 Å². The summed E-state index contributed by atoms with van der Waals surface area (Å²) in [5.41, 5.74) is 2.29. The van der Waals surface area contributed by atoms with Crippen LogP contribution >= 0.6 is 27.3 Å². The lowest BCUT2D eigenvalue weighted by atomic mass is 10.1. The topological polar surface area (TPSA) is 102 Å². The van der Waals surface area contributed by atoms with Crippen LogP contribution in [0.15, 0.2) is 57.9 Å². The van der Waals surface area contributed by atoms with E-state index in [1.165, 1.54) is 23.5 Å². The highest BCUT2D eigenvalue weighted by molar-refractivity contribution is 9.10. The second kappa shape index (κ2) is 7.89. The molecule has 2 aromatic carbocycles. The van der Waals surface area contributed by atoms with Crippen molar-refractivity contribution in [2.45, 2.75) is 18.2 Å². The number of thiazole rings is 1. The van der Waals surface area contributed by atoms with Gasteiger partial charge in [0.1, 0.15) is 0 Å². The fourth-order valence-corrected chi connectivity index (χ4v) is 4.33. The minimum Gasteiger partial charge on any atom is -0.298 e. The van der Waals surface area contributed by atoms with E-state index in [2.05, 4.69) is 26.2 Å². The van der Waals surface area contributed by atoms with Crippen LogP contribution < -0.4 is 10.5 Å². The number of benzene rings is 2. The molecule has 27 heavy (non-hydrogen) atoms. The normalized spacial score (nSPS) is 11.4. The van der Waals surface area contributed by atoms with Crippen molar-refractivity contribution in [1.29, 1.82) is 0 Å². The average Bonchev–Trinajstić information content (AvgIpc) is 2.93. The molecule has 0 aliphatic heterocycles. The number of primary sulfonamides is 1. The lowest BCUT2D eigenvalue weighted by molar-refractivity contribution is 0.102. The molecule has 6 nitrogen and oxygen atoms in total. The Balaban J connectivity index is 1.74. The smallest absolute Gasteiger partial charge is 0.257 e. The molecular formula is C18H16BrN3O3S2. The average molecular weight is 466 g/mol. The zero-order valence-electron chi connectivity index (χ0n) is 14.3. The van der Waals surface area contributed by atoms with Crippen LogP contribution in [-0.2, 0) is 16.4 Å². The largest absolute Gasteiger partial charge is 0.298 e. The molecule has 1 aromatic heterocycles. The Labute approximate surface area is 169 Å². The van der Waals surface area contributed by atoms with Gasteiger partial charge >= 0.3 is 0 Å². The number of aryl methyl sites for hydroxylation is 1. The summed E-state index contributed by atoms with van der Waals surface area (Å²) in [6.45, 7) is 1.87. The zero-order valence-corrected chi connectivity index (χ0v) is 17.5. The van der Waals surface area contributed by atoms with Crippen LogP contribution in [0.25, 0.3) is 0 Å². The fourth-order valence-electron chi connectivity index (χ4n) is 2.43. The van der Waals surface area contributed by atoms with E-state index in [1.807, 2.05) is 13.0 Å². The first-order chi connectivity index (χ1) is 12.7. The van der Waals surface area contributed by atoms with Gasteiger partial charge in [-0.3, -0.25) is 10.1 Å². The second-order valence-electron chi connectivity index (χ2n) is 5.86. The minimum atomic E-state index is -3.70. The maximum Gasteiger partial charge on any atom is 0.257 e. The van der Waals surface area contributed by atoms with Crippen molar-refractivity contribution in [3.63, 3.8) is 0 Å². The Kier molecular flexibility index (Phi) is 5.75. The van der Waals surface area contributed by atoms with Crippen molar-refractivity contribution in [2.24, 2.45) is 5.14 Å². The number of sulfonamides is 1. The third-order valence-corrected chi connectivity index (χ3v) is 6.31. The van der Waals surface area contributed by atoms with Gasteiger partial charge in [-0.05, 0) is 42.8 Å². The quantitative estimate of drug-likeness (QED) is 0.599. The number of nitrogens with two attached hydrogens (primary N) is 1. The van der Waals surface area contributed by atoms with Gasteiger partial charge in [-0.15, -0.1) is 11.3 Å². The molecule has 0 spiro atoms. The van der Waals surface area contributed by atoms with Gasteiger partial charge in [-0.2, -0.15) is 0 Å². The number of halogens is 1. The number of amides is 1. The summed E-state index contributed by atoms with van der Waals surface area (Å²) in [7, 11) is -3.70. The zero-order chi connectivity index (χ0) is 19.6.